The zero-order valence-corrected chi connectivity index (χ0v) is 37.1. The smallest absolute Gasteiger partial charge is 0.137 e. The van der Waals surface area contributed by atoms with Crippen LogP contribution in [0.2, 0.25) is 0 Å². The summed E-state index contributed by atoms with van der Waals surface area (Å²) in [5.41, 5.74) is 12.6. The number of hydrogen-bond donors (Lipinski definition) is 0. The van der Waals surface area contributed by atoms with Crippen LogP contribution >= 0.6 is 0 Å². The van der Waals surface area contributed by atoms with Crippen molar-refractivity contribution in [3.05, 3.63) is 143 Å². The Bertz CT molecular complexity index is 2590. The van der Waals surface area contributed by atoms with Crippen molar-refractivity contribution in [2.24, 2.45) is 0 Å². The van der Waals surface area contributed by atoms with Crippen LogP contribution in [0.15, 0.2) is 109 Å². The van der Waals surface area contributed by atoms with Gasteiger partial charge in [0.25, 0.3) is 0 Å². The maximum Gasteiger partial charge on any atom is 0.137 e. The molecule has 5 nitrogen and oxygen atoms in total. The lowest BCUT2D eigenvalue weighted by Crippen LogP contribution is -2.20. The Balaban J connectivity index is 1.43. The second-order valence-electron chi connectivity index (χ2n) is 20.8. The predicted molar refractivity (Wildman–Crippen MR) is 244 cm³/mol. The Morgan fingerprint density at radius 3 is 1.81 bits per heavy atom. The molecule has 0 saturated heterocycles. The molecular weight excluding hydrogens is 695 g/mol. The molecule has 0 spiro atoms. The lowest BCUT2D eigenvalue weighted by molar-refractivity contribution is 0.536. The van der Waals surface area contributed by atoms with Crippen molar-refractivity contribution >= 4 is 33.2 Å². The minimum Gasteiger partial charge on any atom is -0.344 e. The Hall–Kier alpha value is -5.16. The molecule has 0 aliphatic heterocycles. The van der Waals surface area contributed by atoms with Crippen LogP contribution in [0, 0.1) is 0 Å². The van der Waals surface area contributed by atoms with Crippen molar-refractivity contribution in [2.45, 2.75) is 124 Å². The first-order chi connectivity index (χ1) is 26.4. The third-order valence-corrected chi connectivity index (χ3v) is 11.8. The molecule has 0 saturated carbocycles. The highest BCUT2D eigenvalue weighted by molar-refractivity contribution is 6.10. The van der Waals surface area contributed by atoms with E-state index in [0.29, 0.717) is 0 Å². The quantitative estimate of drug-likeness (QED) is 0.170. The number of rotatable bonds is 6. The highest BCUT2D eigenvalue weighted by Gasteiger charge is 2.29. The molecule has 0 aliphatic carbocycles. The van der Waals surface area contributed by atoms with Gasteiger partial charge in [0.1, 0.15) is 5.82 Å². The molecule has 0 amide bonds. The Morgan fingerprint density at radius 2 is 1.18 bits per heavy atom. The minimum atomic E-state index is -0.201. The molecule has 0 aliphatic rings. The van der Waals surface area contributed by atoms with Crippen molar-refractivity contribution in [3.63, 3.8) is 0 Å². The van der Waals surface area contributed by atoms with E-state index in [9.17, 15) is 0 Å². The molecule has 5 heteroatoms. The van der Waals surface area contributed by atoms with Crippen LogP contribution in [0.25, 0.3) is 33.3 Å². The summed E-state index contributed by atoms with van der Waals surface area (Å²) in [6.07, 6.45) is 1.97. The molecule has 4 aromatic carbocycles. The molecule has 296 valence electrons. The van der Waals surface area contributed by atoms with Crippen LogP contribution in [0.4, 0.5) is 11.4 Å². The van der Waals surface area contributed by atoms with Crippen molar-refractivity contribution in [3.8, 4) is 11.5 Å². The average molecular weight is 758 g/mol. The monoisotopic (exact) mass is 758 g/mol. The largest absolute Gasteiger partial charge is 0.344 e. The van der Waals surface area contributed by atoms with Crippen LogP contribution in [-0.4, -0.2) is 26.4 Å². The molecule has 7 aromatic rings. The number of benzene rings is 4. The fraction of sp³-hybridized carbons (Fsp3) is 0.385. The molecule has 3 heterocycles. The van der Waals surface area contributed by atoms with Gasteiger partial charge in [0.2, 0.25) is 0 Å². The molecule has 0 fully saturated rings. The van der Waals surface area contributed by atoms with E-state index in [-0.39, 0.29) is 27.1 Å². The van der Waals surface area contributed by atoms with E-state index < -0.39 is 0 Å². The van der Waals surface area contributed by atoms with E-state index >= 15 is 0 Å². The van der Waals surface area contributed by atoms with Gasteiger partial charge in [-0.05, 0) is 93.7 Å². The number of anilines is 2. The van der Waals surface area contributed by atoms with Gasteiger partial charge < -0.3 is 4.90 Å². The highest BCUT2D eigenvalue weighted by Crippen LogP contribution is 2.41. The number of aromatic nitrogens is 4. The van der Waals surface area contributed by atoms with Crippen LogP contribution in [-0.2, 0) is 27.1 Å². The minimum absolute atomic E-state index is 0.0193. The third kappa shape index (κ3) is 7.54. The van der Waals surface area contributed by atoms with E-state index in [1.165, 1.54) is 38.7 Å². The normalized spacial score (nSPS) is 13.2. The van der Waals surface area contributed by atoms with Crippen LogP contribution in [0.3, 0.4) is 0 Å². The second kappa shape index (κ2) is 13.7. The summed E-state index contributed by atoms with van der Waals surface area (Å²) < 4.78 is 4.56. The summed E-state index contributed by atoms with van der Waals surface area (Å²) in [6.45, 7) is 31.9. The molecule has 0 N–H and O–H groups in total. The fourth-order valence-corrected chi connectivity index (χ4v) is 7.85. The van der Waals surface area contributed by atoms with E-state index in [2.05, 4.69) is 221 Å². The number of fused-ring (bicyclic) bond motifs is 3. The molecule has 0 radical (unpaired) electrons. The van der Waals surface area contributed by atoms with Gasteiger partial charge in [-0.3, -0.25) is 4.57 Å². The van der Waals surface area contributed by atoms with Gasteiger partial charge in [0.15, 0.2) is 0 Å². The fourth-order valence-electron chi connectivity index (χ4n) is 7.85. The Morgan fingerprint density at radius 1 is 0.491 bits per heavy atom. The molecule has 0 unspecified atom stereocenters. The van der Waals surface area contributed by atoms with Crippen molar-refractivity contribution in [1.82, 2.24) is 19.3 Å². The molecule has 0 atom stereocenters. The zero-order chi connectivity index (χ0) is 41.5. The van der Waals surface area contributed by atoms with Crippen LogP contribution in [0.5, 0.6) is 0 Å². The SMILES string of the molecule is CN(c1cc(-n2nc(C(C)(C)C)cc2C(C)(C)C)cc(C(C)(C)C)c1)c1ccc2c3cc(C(C)(C)C)ccc3n(-c3cc(C(C)(C)c4ccccc4)ccn3)c2c1. The van der Waals surface area contributed by atoms with Crippen molar-refractivity contribution < 1.29 is 0 Å². The van der Waals surface area contributed by atoms with Gasteiger partial charge >= 0.3 is 0 Å². The highest BCUT2D eigenvalue weighted by atomic mass is 15.3. The maximum absolute atomic E-state index is 5.28. The summed E-state index contributed by atoms with van der Waals surface area (Å²) >= 11 is 0. The molecule has 57 heavy (non-hydrogen) atoms. The lowest BCUT2D eigenvalue weighted by atomic mass is 9.78. The van der Waals surface area contributed by atoms with E-state index in [4.69, 9.17) is 10.1 Å². The van der Waals surface area contributed by atoms with Crippen molar-refractivity contribution in [1.29, 1.82) is 0 Å². The summed E-state index contributed by atoms with van der Waals surface area (Å²) in [4.78, 5) is 7.39. The van der Waals surface area contributed by atoms with Gasteiger partial charge in [-0.25, -0.2) is 9.67 Å². The molecular formula is C52H63N5. The Labute approximate surface area is 341 Å². The second-order valence-corrected chi connectivity index (χ2v) is 20.8. The third-order valence-electron chi connectivity index (χ3n) is 11.8. The van der Waals surface area contributed by atoms with E-state index in [1.54, 1.807) is 0 Å². The first-order valence-electron chi connectivity index (χ1n) is 20.6. The molecule has 7 rings (SSSR count). The van der Waals surface area contributed by atoms with Gasteiger partial charge in [-0.15, -0.1) is 0 Å². The summed E-state index contributed by atoms with van der Waals surface area (Å²) in [5, 5.41) is 7.73. The summed E-state index contributed by atoms with van der Waals surface area (Å²) in [6, 6.07) is 38.4. The van der Waals surface area contributed by atoms with Crippen LogP contribution < -0.4 is 4.90 Å². The van der Waals surface area contributed by atoms with E-state index in [1.807, 2.05) is 6.20 Å². The lowest BCUT2D eigenvalue weighted by Gasteiger charge is -2.27. The predicted octanol–water partition coefficient (Wildman–Crippen LogP) is 13.6. The van der Waals surface area contributed by atoms with Gasteiger partial charge in [0.05, 0.1) is 22.4 Å². The number of nitrogens with zero attached hydrogens (tertiary/aromatic N) is 5. The van der Waals surface area contributed by atoms with Gasteiger partial charge in [-0.2, -0.15) is 5.10 Å². The van der Waals surface area contributed by atoms with Gasteiger partial charge in [-0.1, -0.05) is 139 Å². The zero-order valence-electron chi connectivity index (χ0n) is 37.1. The van der Waals surface area contributed by atoms with Crippen LogP contribution in [0.1, 0.15) is 131 Å². The average Bonchev–Trinajstić information content (AvgIpc) is 3.75. The first kappa shape index (κ1) is 40.1. The summed E-state index contributed by atoms with van der Waals surface area (Å²) in [5.74, 6) is 0.917. The standard InChI is InChI=1S/C52H63N5/c1-48(2,3)35-21-24-43-42(29-35)41-23-22-38(32-44(41)56(43)47-30-36(25-26-53-47)52(13,14)34-19-17-16-18-20-34)55(15)39-27-37(49(4,5)6)28-40(31-39)57-46(51(10,11)12)33-45(54-57)50(7,8)9/h16-33H,1-15H3. The summed E-state index contributed by atoms with van der Waals surface area (Å²) in [7, 11) is 2.19. The number of hydrogen-bond acceptors (Lipinski definition) is 3. The van der Waals surface area contributed by atoms with Gasteiger partial charge in [0, 0.05) is 57.3 Å². The maximum atomic E-state index is 5.28. The number of pyridine rings is 1. The van der Waals surface area contributed by atoms with Crippen molar-refractivity contribution in [2.75, 3.05) is 11.9 Å². The molecule has 0 bridgehead atoms. The first-order valence-corrected chi connectivity index (χ1v) is 20.6. The van der Waals surface area contributed by atoms with E-state index in [0.717, 1.165) is 39.6 Å². The topological polar surface area (TPSA) is 38.9 Å². The molecule has 3 aromatic heterocycles. The Kier molecular flexibility index (Phi) is 9.66.